The van der Waals surface area contributed by atoms with Crippen molar-refractivity contribution in [1.82, 2.24) is 4.98 Å². The van der Waals surface area contributed by atoms with Crippen LogP contribution in [0.5, 0.6) is 0 Å². The molecule has 1 amide bonds. The number of nitrogens with one attached hydrogen (secondary N) is 1. The van der Waals surface area contributed by atoms with Gasteiger partial charge in [0, 0.05) is 24.0 Å². The van der Waals surface area contributed by atoms with E-state index in [9.17, 15) is 4.79 Å². The molecule has 0 bridgehead atoms. The highest BCUT2D eigenvalue weighted by atomic mass is 35.5. The first-order chi connectivity index (χ1) is 9.70. The fourth-order valence-electron chi connectivity index (χ4n) is 1.83. The van der Waals surface area contributed by atoms with Crippen molar-refractivity contribution in [3.63, 3.8) is 0 Å². The lowest BCUT2D eigenvalue weighted by Gasteiger charge is -2.08. The second kappa shape index (κ2) is 7.27. The molecule has 2 rings (SSSR count). The lowest BCUT2D eigenvalue weighted by atomic mass is 10.1. The van der Waals surface area contributed by atoms with E-state index in [0.717, 1.165) is 24.1 Å². The fourth-order valence-corrected chi connectivity index (χ4v) is 2.17. The molecule has 0 aliphatic rings. The van der Waals surface area contributed by atoms with Crippen molar-refractivity contribution in [2.75, 3.05) is 11.2 Å². The summed E-state index contributed by atoms with van der Waals surface area (Å²) in [5.41, 5.74) is 2.30. The van der Waals surface area contributed by atoms with Crippen LogP contribution in [-0.2, 0) is 6.42 Å². The van der Waals surface area contributed by atoms with E-state index in [2.05, 4.69) is 10.3 Å². The molecule has 0 atom stereocenters. The zero-order chi connectivity index (χ0) is 14.4. The van der Waals surface area contributed by atoms with E-state index in [-0.39, 0.29) is 5.91 Å². The van der Waals surface area contributed by atoms with Gasteiger partial charge < -0.3 is 5.32 Å². The maximum atomic E-state index is 12.1. The molecule has 1 aromatic heterocycles. The third-order valence-electron chi connectivity index (χ3n) is 2.80. The molecule has 5 heteroatoms. The van der Waals surface area contributed by atoms with Crippen LogP contribution >= 0.6 is 23.2 Å². The standard InChI is InChI=1S/C15H14Cl2N2O/c16-7-2-4-11-3-1-5-12(9-11)19-15(20)13-6-8-18-10-14(13)17/h1,3,5-6,8-10H,2,4,7H2,(H,19,20). The minimum absolute atomic E-state index is 0.244. The highest BCUT2D eigenvalue weighted by Crippen LogP contribution is 2.17. The number of aryl methyl sites for hydroxylation is 1. The van der Waals surface area contributed by atoms with Crippen LogP contribution in [0.4, 0.5) is 5.69 Å². The first-order valence-electron chi connectivity index (χ1n) is 6.26. The number of pyridine rings is 1. The van der Waals surface area contributed by atoms with Gasteiger partial charge >= 0.3 is 0 Å². The lowest BCUT2D eigenvalue weighted by Crippen LogP contribution is -2.12. The Morgan fingerprint density at radius 3 is 2.90 bits per heavy atom. The van der Waals surface area contributed by atoms with E-state index in [1.54, 1.807) is 6.07 Å². The first kappa shape index (κ1) is 14.8. The van der Waals surface area contributed by atoms with Crippen molar-refractivity contribution in [2.45, 2.75) is 12.8 Å². The highest BCUT2D eigenvalue weighted by molar-refractivity contribution is 6.34. The Morgan fingerprint density at radius 1 is 1.30 bits per heavy atom. The molecule has 0 saturated carbocycles. The van der Waals surface area contributed by atoms with Crippen LogP contribution in [0.1, 0.15) is 22.3 Å². The van der Waals surface area contributed by atoms with Crippen molar-refractivity contribution in [3.05, 3.63) is 58.9 Å². The van der Waals surface area contributed by atoms with Gasteiger partial charge in [0.05, 0.1) is 10.6 Å². The Morgan fingerprint density at radius 2 is 2.15 bits per heavy atom. The number of nitrogens with zero attached hydrogens (tertiary/aromatic N) is 1. The molecule has 0 saturated heterocycles. The number of halogens is 2. The molecule has 0 radical (unpaired) electrons. The van der Waals surface area contributed by atoms with E-state index in [1.807, 2.05) is 24.3 Å². The van der Waals surface area contributed by atoms with Crippen LogP contribution in [0, 0.1) is 0 Å². The first-order valence-corrected chi connectivity index (χ1v) is 7.17. The predicted molar refractivity (Wildman–Crippen MR) is 82.7 cm³/mol. The molecule has 0 aliphatic carbocycles. The maximum Gasteiger partial charge on any atom is 0.257 e. The van der Waals surface area contributed by atoms with Crippen LogP contribution in [-0.4, -0.2) is 16.8 Å². The Kier molecular flexibility index (Phi) is 5.39. The van der Waals surface area contributed by atoms with E-state index in [1.165, 1.54) is 12.4 Å². The van der Waals surface area contributed by atoms with Gasteiger partial charge in [-0.05, 0) is 36.6 Å². The number of hydrogen-bond donors (Lipinski definition) is 1. The van der Waals surface area contributed by atoms with Gasteiger partial charge in [0.15, 0.2) is 0 Å². The van der Waals surface area contributed by atoms with Crippen molar-refractivity contribution in [3.8, 4) is 0 Å². The molecular formula is C15H14Cl2N2O. The summed E-state index contributed by atoms with van der Waals surface area (Å²) in [6.45, 7) is 0. The molecule has 0 fully saturated rings. The average Bonchev–Trinajstić information content (AvgIpc) is 2.46. The number of alkyl halides is 1. The summed E-state index contributed by atoms with van der Waals surface area (Å²) in [5.74, 6) is 0.385. The van der Waals surface area contributed by atoms with E-state index in [0.29, 0.717) is 16.5 Å². The smallest absolute Gasteiger partial charge is 0.257 e. The van der Waals surface area contributed by atoms with Gasteiger partial charge in [-0.25, -0.2) is 0 Å². The Hall–Kier alpha value is -1.58. The van der Waals surface area contributed by atoms with Crippen molar-refractivity contribution < 1.29 is 4.79 Å². The van der Waals surface area contributed by atoms with Gasteiger partial charge in [-0.2, -0.15) is 0 Å². The van der Waals surface area contributed by atoms with Crippen molar-refractivity contribution in [1.29, 1.82) is 0 Å². The molecular weight excluding hydrogens is 295 g/mol. The fraction of sp³-hybridized carbons (Fsp3) is 0.200. The van der Waals surface area contributed by atoms with Crippen LogP contribution < -0.4 is 5.32 Å². The number of rotatable bonds is 5. The average molecular weight is 309 g/mol. The highest BCUT2D eigenvalue weighted by Gasteiger charge is 2.10. The van der Waals surface area contributed by atoms with Gasteiger partial charge in [0.2, 0.25) is 0 Å². The molecule has 1 heterocycles. The number of amides is 1. The second-order valence-electron chi connectivity index (χ2n) is 4.30. The monoisotopic (exact) mass is 308 g/mol. The number of benzene rings is 1. The van der Waals surface area contributed by atoms with Crippen LogP contribution in [0.15, 0.2) is 42.7 Å². The molecule has 1 aromatic carbocycles. The molecule has 0 aliphatic heterocycles. The largest absolute Gasteiger partial charge is 0.322 e. The zero-order valence-electron chi connectivity index (χ0n) is 10.8. The maximum absolute atomic E-state index is 12.1. The molecule has 1 N–H and O–H groups in total. The Bertz CT molecular complexity index is 602. The summed E-state index contributed by atoms with van der Waals surface area (Å²) in [7, 11) is 0. The third-order valence-corrected chi connectivity index (χ3v) is 3.37. The summed E-state index contributed by atoms with van der Waals surface area (Å²) in [5, 5.41) is 3.17. The van der Waals surface area contributed by atoms with E-state index in [4.69, 9.17) is 23.2 Å². The Labute approximate surface area is 127 Å². The van der Waals surface area contributed by atoms with E-state index >= 15 is 0 Å². The molecule has 0 unspecified atom stereocenters. The van der Waals surface area contributed by atoms with Gasteiger partial charge in [-0.1, -0.05) is 23.7 Å². The summed E-state index contributed by atoms with van der Waals surface area (Å²) >= 11 is 11.6. The minimum atomic E-state index is -0.244. The molecule has 3 nitrogen and oxygen atoms in total. The van der Waals surface area contributed by atoms with E-state index < -0.39 is 0 Å². The van der Waals surface area contributed by atoms with Crippen LogP contribution in [0.2, 0.25) is 5.02 Å². The molecule has 0 spiro atoms. The number of hydrogen-bond acceptors (Lipinski definition) is 2. The van der Waals surface area contributed by atoms with Crippen LogP contribution in [0.3, 0.4) is 0 Å². The second-order valence-corrected chi connectivity index (χ2v) is 5.09. The number of carbonyl (C=O) groups excluding carboxylic acids is 1. The summed E-state index contributed by atoms with van der Waals surface area (Å²) in [6.07, 6.45) is 4.80. The third kappa shape index (κ3) is 3.95. The van der Waals surface area contributed by atoms with Crippen molar-refractivity contribution in [2.24, 2.45) is 0 Å². The molecule has 104 valence electrons. The number of aromatic nitrogens is 1. The molecule has 2 aromatic rings. The van der Waals surface area contributed by atoms with Gasteiger partial charge in [-0.15, -0.1) is 11.6 Å². The van der Waals surface area contributed by atoms with Crippen LogP contribution in [0.25, 0.3) is 0 Å². The lowest BCUT2D eigenvalue weighted by molar-refractivity contribution is 0.102. The minimum Gasteiger partial charge on any atom is -0.322 e. The zero-order valence-corrected chi connectivity index (χ0v) is 12.3. The van der Waals surface area contributed by atoms with Gasteiger partial charge in [-0.3, -0.25) is 9.78 Å². The summed E-state index contributed by atoms with van der Waals surface area (Å²) in [6, 6.07) is 9.31. The molecule has 20 heavy (non-hydrogen) atoms. The summed E-state index contributed by atoms with van der Waals surface area (Å²) in [4.78, 5) is 16.0. The summed E-state index contributed by atoms with van der Waals surface area (Å²) < 4.78 is 0. The topological polar surface area (TPSA) is 42.0 Å². The number of anilines is 1. The SMILES string of the molecule is O=C(Nc1cccc(CCCCl)c1)c1ccncc1Cl. The predicted octanol–water partition coefficient (Wildman–Crippen LogP) is 4.16. The normalized spacial score (nSPS) is 10.3. The Balaban J connectivity index is 2.10. The van der Waals surface area contributed by atoms with Crippen molar-refractivity contribution >= 4 is 34.8 Å². The quantitative estimate of drug-likeness (QED) is 0.843. The van der Waals surface area contributed by atoms with Gasteiger partial charge in [0.25, 0.3) is 5.91 Å². The van der Waals surface area contributed by atoms with Gasteiger partial charge in [0.1, 0.15) is 0 Å². The number of carbonyl (C=O) groups is 1.